The maximum atomic E-state index is 6.98. The van der Waals surface area contributed by atoms with Gasteiger partial charge in [-0.2, -0.15) is 5.41 Å². The van der Waals surface area contributed by atoms with Crippen molar-refractivity contribution in [3.63, 3.8) is 0 Å². The minimum Gasteiger partial charge on any atom is -0.345 e. The van der Waals surface area contributed by atoms with Crippen molar-refractivity contribution >= 4 is 0 Å². The molecule has 0 amide bonds. The number of hydrogen-bond acceptors (Lipinski definition) is 1. The van der Waals surface area contributed by atoms with Gasteiger partial charge in [0.15, 0.2) is 0 Å². The maximum absolute atomic E-state index is 6.98. The first-order chi connectivity index (χ1) is 4.77. The Morgan fingerprint density at radius 1 is 1.50 bits per heavy atom. The summed E-state index contributed by atoms with van der Waals surface area (Å²) in [6.45, 7) is 7.75. The molecule has 1 heterocycles. The SMILES string of the molecule is [2H][CH-]CC1([CH2-])CCNCC1.[U+2]. The third kappa shape index (κ3) is 2.95. The molecule has 1 rings (SSSR count). The Morgan fingerprint density at radius 3 is 2.60 bits per heavy atom. The molecule has 1 fully saturated rings. The molecular weight excluding hydrogens is 348 g/mol. The predicted octanol–water partition coefficient (Wildman–Crippen LogP) is 1.41. The molecule has 1 aliphatic rings. The summed E-state index contributed by atoms with van der Waals surface area (Å²) in [7, 11) is 0. The van der Waals surface area contributed by atoms with Crippen LogP contribution in [0, 0.1) is 50.4 Å². The van der Waals surface area contributed by atoms with Crippen LogP contribution in [0.25, 0.3) is 0 Å². The van der Waals surface area contributed by atoms with Gasteiger partial charge in [0.25, 0.3) is 0 Å². The molecule has 0 atom stereocenters. The molecule has 0 saturated carbocycles. The van der Waals surface area contributed by atoms with Gasteiger partial charge in [-0.25, -0.2) is 7.79 Å². The van der Waals surface area contributed by atoms with E-state index in [0.717, 1.165) is 32.4 Å². The van der Waals surface area contributed by atoms with Crippen LogP contribution < -0.4 is 5.32 Å². The standard InChI is InChI=1S/C8H15N.U/c1-3-8(2)4-6-9-7-5-8;/h9H,1-7H2;/q-2;+2/i1D;. The van der Waals surface area contributed by atoms with Gasteiger partial charge in [-0.3, -0.25) is 0 Å². The second-order valence-electron chi connectivity index (χ2n) is 2.95. The summed E-state index contributed by atoms with van der Waals surface area (Å²) >= 11 is 0. The summed E-state index contributed by atoms with van der Waals surface area (Å²) < 4.78 is 6.98. The van der Waals surface area contributed by atoms with E-state index in [-0.39, 0.29) is 36.5 Å². The van der Waals surface area contributed by atoms with Crippen LogP contribution in [0.15, 0.2) is 0 Å². The van der Waals surface area contributed by atoms with Crippen LogP contribution in [0.1, 0.15) is 20.6 Å². The zero-order chi connectivity index (χ0) is 7.45. The zero-order valence-electron chi connectivity index (χ0n) is 7.32. The molecule has 0 aliphatic carbocycles. The summed E-state index contributed by atoms with van der Waals surface area (Å²) in [5.74, 6) is 0. The zero-order valence-corrected chi connectivity index (χ0v) is 10.5. The van der Waals surface area contributed by atoms with Gasteiger partial charge >= 0.3 is 31.1 Å². The van der Waals surface area contributed by atoms with Gasteiger partial charge in [-0.1, -0.05) is 12.8 Å². The Bertz CT molecular complexity index is 96.8. The van der Waals surface area contributed by atoms with E-state index in [0.29, 0.717) is 0 Å². The number of nitrogens with one attached hydrogen (secondary N) is 1. The van der Waals surface area contributed by atoms with Gasteiger partial charge in [-0.05, 0) is 13.1 Å². The molecule has 1 N–H and O–H groups in total. The van der Waals surface area contributed by atoms with Gasteiger partial charge in [-0.15, -0.1) is 0 Å². The van der Waals surface area contributed by atoms with Crippen molar-refractivity contribution in [2.45, 2.75) is 19.3 Å². The molecule has 0 unspecified atom stereocenters. The second-order valence-corrected chi connectivity index (χ2v) is 2.95. The second kappa shape index (κ2) is 4.80. The summed E-state index contributed by atoms with van der Waals surface area (Å²) in [5, 5.41) is 3.28. The molecule has 1 nitrogen and oxygen atoms in total. The van der Waals surface area contributed by atoms with E-state index in [1.165, 1.54) is 6.90 Å². The van der Waals surface area contributed by atoms with E-state index in [9.17, 15) is 0 Å². The Balaban J connectivity index is 0.000001000. The normalized spacial score (nSPS) is 24.7. The van der Waals surface area contributed by atoms with Crippen molar-refractivity contribution in [2.75, 3.05) is 13.1 Å². The molecule has 2 heteroatoms. The predicted molar refractivity (Wildman–Crippen MR) is 39.9 cm³/mol. The molecule has 56 valence electrons. The molecule has 0 radical (unpaired) electrons. The van der Waals surface area contributed by atoms with Crippen LogP contribution in [0.3, 0.4) is 0 Å². The van der Waals surface area contributed by atoms with E-state index < -0.39 is 0 Å². The fraction of sp³-hybridized carbons (Fsp3) is 0.750. The van der Waals surface area contributed by atoms with Crippen molar-refractivity contribution < 1.29 is 32.5 Å². The van der Waals surface area contributed by atoms with E-state index in [4.69, 9.17) is 1.37 Å². The molecular formula is C8H15NU. The molecule has 1 saturated heterocycles. The number of hydrogen-bond donors (Lipinski definition) is 1. The number of piperidine rings is 1. The van der Waals surface area contributed by atoms with Gasteiger partial charge in [0.05, 0.1) is 0 Å². The van der Waals surface area contributed by atoms with Gasteiger partial charge < -0.3 is 19.1 Å². The topological polar surface area (TPSA) is 12.0 Å². The van der Waals surface area contributed by atoms with Crippen molar-refractivity contribution in [2.24, 2.45) is 5.41 Å². The fourth-order valence-corrected chi connectivity index (χ4v) is 1.16. The summed E-state index contributed by atoms with van der Waals surface area (Å²) in [4.78, 5) is 0. The van der Waals surface area contributed by atoms with Crippen LogP contribution in [0.4, 0.5) is 0 Å². The van der Waals surface area contributed by atoms with Crippen LogP contribution in [0.2, 0.25) is 0 Å². The van der Waals surface area contributed by atoms with Crippen molar-refractivity contribution in [1.29, 1.82) is 0 Å². The first kappa shape index (κ1) is 9.10. The summed E-state index contributed by atoms with van der Waals surface area (Å²) in [6.07, 6.45) is 3.07. The van der Waals surface area contributed by atoms with E-state index in [2.05, 4.69) is 12.2 Å². The maximum Gasteiger partial charge on any atom is 2.00 e. The molecule has 0 bridgehead atoms. The van der Waals surface area contributed by atoms with Crippen molar-refractivity contribution in [1.82, 2.24) is 5.32 Å². The van der Waals surface area contributed by atoms with E-state index in [1.807, 2.05) is 0 Å². The first-order valence-corrected chi connectivity index (χ1v) is 3.53. The molecule has 0 aromatic heterocycles. The van der Waals surface area contributed by atoms with Crippen LogP contribution >= 0.6 is 0 Å². The van der Waals surface area contributed by atoms with Gasteiger partial charge in [0.1, 0.15) is 0 Å². The largest absolute Gasteiger partial charge is 2.00 e. The minimum absolute atomic E-state index is 0. The Kier molecular flexibility index (Phi) is 4.37. The van der Waals surface area contributed by atoms with Gasteiger partial charge in [0.2, 0.25) is 0 Å². The molecule has 0 aromatic rings. The van der Waals surface area contributed by atoms with Crippen LogP contribution in [-0.4, -0.2) is 13.1 Å². The molecule has 0 aromatic carbocycles. The van der Waals surface area contributed by atoms with Crippen LogP contribution in [-0.2, 0) is 0 Å². The third-order valence-electron chi connectivity index (χ3n) is 2.10. The van der Waals surface area contributed by atoms with Crippen molar-refractivity contribution in [3.8, 4) is 0 Å². The summed E-state index contributed by atoms with van der Waals surface area (Å²) in [6, 6.07) is 0. The van der Waals surface area contributed by atoms with Crippen LogP contribution in [0.5, 0.6) is 0 Å². The van der Waals surface area contributed by atoms with Crippen molar-refractivity contribution in [3.05, 3.63) is 13.8 Å². The number of rotatable bonds is 2. The molecule has 0 spiro atoms. The fourth-order valence-electron chi connectivity index (χ4n) is 1.16. The molecule has 10 heavy (non-hydrogen) atoms. The van der Waals surface area contributed by atoms with E-state index >= 15 is 0 Å². The third-order valence-corrected chi connectivity index (χ3v) is 2.10. The van der Waals surface area contributed by atoms with E-state index in [1.54, 1.807) is 0 Å². The average Bonchev–Trinajstić information content (AvgIpc) is 1.89. The molecule has 1 aliphatic heterocycles. The Morgan fingerprint density at radius 2 is 2.10 bits per heavy atom. The monoisotopic (exact) mass is 364 g/mol. The quantitative estimate of drug-likeness (QED) is 0.731. The smallest absolute Gasteiger partial charge is 0.345 e. The minimum atomic E-state index is 0. The first-order valence-electron chi connectivity index (χ1n) is 4.11. The Labute approximate surface area is 89.1 Å². The summed E-state index contributed by atoms with van der Waals surface area (Å²) in [5.41, 5.74) is 0.174. The average molecular weight is 364 g/mol. The Hall–Kier alpha value is 1.01. The van der Waals surface area contributed by atoms with Gasteiger partial charge in [0, 0.05) is 0 Å².